The number of carbonyl (C=O) groups excluding carboxylic acids is 1. The van der Waals surface area contributed by atoms with E-state index < -0.39 is 18.2 Å². The Morgan fingerprint density at radius 3 is 2.76 bits per heavy atom. The van der Waals surface area contributed by atoms with Gasteiger partial charge in [0.1, 0.15) is 6.10 Å². The van der Waals surface area contributed by atoms with Crippen molar-refractivity contribution in [3.05, 3.63) is 11.7 Å². The van der Waals surface area contributed by atoms with Crippen molar-refractivity contribution in [1.29, 1.82) is 0 Å². The van der Waals surface area contributed by atoms with E-state index in [2.05, 4.69) is 14.7 Å². The van der Waals surface area contributed by atoms with E-state index in [9.17, 15) is 18.0 Å². The second-order valence-corrected chi connectivity index (χ2v) is 5.23. The van der Waals surface area contributed by atoms with Gasteiger partial charge in [0.2, 0.25) is 0 Å². The minimum atomic E-state index is -4.64. The van der Waals surface area contributed by atoms with Crippen LogP contribution in [-0.2, 0) is 15.7 Å². The summed E-state index contributed by atoms with van der Waals surface area (Å²) in [6, 6.07) is 0. The largest absolute Gasteiger partial charge is 0.471 e. The van der Waals surface area contributed by atoms with E-state index in [1.165, 1.54) is 0 Å². The van der Waals surface area contributed by atoms with Gasteiger partial charge in [0, 0.05) is 25.6 Å². The van der Waals surface area contributed by atoms with Gasteiger partial charge in [0.05, 0.1) is 0 Å². The lowest BCUT2D eigenvalue weighted by Gasteiger charge is -2.19. The first-order chi connectivity index (χ1) is 9.95. The molecule has 0 bridgehead atoms. The van der Waals surface area contributed by atoms with Crippen LogP contribution in [0.2, 0.25) is 0 Å². The molecule has 2 fully saturated rings. The van der Waals surface area contributed by atoms with E-state index in [4.69, 9.17) is 4.74 Å². The molecule has 2 aliphatic heterocycles. The average molecular weight is 305 g/mol. The highest BCUT2D eigenvalue weighted by molar-refractivity contribution is 5.81. The van der Waals surface area contributed by atoms with E-state index in [0.29, 0.717) is 32.5 Å². The summed E-state index contributed by atoms with van der Waals surface area (Å²) in [5, 5.41) is 3.38. The zero-order chi connectivity index (χ0) is 15.0. The summed E-state index contributed by atoms with van der Waals surface area (Å²) < 4.78 is 46.8. The Bertz CT molecular complexity index is 525. The van der Waals surface area contributed by atoms with Crippen LogP contribution in [0.3, 0.4) is 0 Å². The topological polar surface area (TPSA) is 68.5 Å². The fourth-order valence-corrected chi connectivity index (χ4v) is 2.66. The summed E-state index contributed by atoms with van der Waals surface area (Å²) >= 11 is 0. The molecule has 0 N–H and O–H groups in total. The second-order valence-electron chi connectivity index (χ2n) is 5.23. The Labute approximate surface area is 118 Å². The molecule has 1 aromatic heterocycles. The molecular weight excluding hydrogens is 291 g/mol. The molecule has 3 heterocycles. The van der Waals surface area contributed by atoms with Crippen molar-refractivity contribution in [2.24, 2.45) is 0 Å². The molecule has 1 amide bonds. The number of ether oxygens (including phenoxy) is 1. The fraction of sp³-hybridized carbons (Fsp3) is 0.750. The molecule has 6 nitrogen and oxygen atoms in total. The lowest BCUT2D eigenvalue weighted by atomic mass is 10.1. The third kappa shape index (κ3) is 2.87. The standard InChI is InChI=1S/C12H14F3N3O3/c13-12(14,15)11-16-9(17-21-11)7-3-4-18(6-7)10(19)8-2-1-5-20-8/h7-8H,1-6H2/t7-,8-/m1/s1. The average Bonchev–Trinajstić information content (AvgIpc) is 3.17. The predicted molar refractivity (Wildman–Crippen MR) is 62.2 cm³/mol. The normalized spacial score (nSPS) is 26.5. The minimum absolute atomic E-state index is 0.00460. The van der Waals surface area contributed by atoms with Crippen molar-refractivity contribution in [3.8, 4) is 0 Å². The first-order valence-electron chi connectivity index (χ1n) is 6.76. The van der Waals surface area contributed by atoms with Crippen LogP contribution in [0.4, 0.5) is 13.2 Å². The van der Waals surface area contributed by atoms with Gasteiger partial charge in [-0.15, -0.1) is 0 Å². The van der Waals surface area contributed by atoms with Crippen molar-refractivity contribution in [2.75, 3.05) is 19.7 Å². The van der Waals surface area contributed by atoms with E-state index in [0.717, 1.165) is 6.42 Å². The van der Waals surface area contributed by atoms with Crippen molar-refractivity contribution >= 4 is 5.91 Å². The van der Waals surface area contributed by atoms with Crippen molar-refractivity contribution < 1.29 is 27.2 Å². The van der Waals surface area contributed by atoms with Crippen molar-refractivity contribution in [3.63, 3.8) is 0 Å². The van der Waals surface area contributed by atoms with Gasteiger partial charge in [0.25, 0.3) is 5.91 Å². The number of aromatic nitrogens is 2. The maximum absolute atomic E-state index is 12.4. The number of alkyl halides is 3. The van der Waals surface area contributed by atoms with Crippen LogP contribution in [0.1, 0.15) is 36.9 Å². The molecule has 0 unspecified atom stereocenters. The maximum Gasteiger partial charge on any atom is 0.471 e. The number of hydrogen-bond acceptors (Lipinski definition) is 5. The quantitative estimate of drug-likeness (QED) is 0.830. The predicted octanol–water partition coefficient (Wildman–Crippen LogP) is 1.58. The number of amides is 1. The lowest BCUT2D eigenvalue weighted by molar-refractivity contribution is -0.159. The summed E-state index contributed by atoms with van der Waals surface area (Å²) in [5.41, 5.74) is 0. The molecule has 116 valence electrons. The number of likely N-dealkylation sites (tertiary alicyclic amines) is 1. The van der Waals surface area contributed by atoms with E-state index in [1.54, 1.807) is 4.90 Å². The van der Waals surface area contributed by atoms with Gasteiger partial charge in [-0.05, 0) is 19.3 Å². The molecule has 0 saturated carbocycles. The highest BCUT2D eigenvalue weighted by Crippen LogP contribution is 2.31. The number of rotatable bonds is 2. The van der Waals surface area contributed by atoms with E-state index in [-0.39, 0.29) is 17.6 Å². The van der Waals surface area contributed by atoms with Gasteiger partial charge in [-0.1, -0.05) is 5.16 Å². The zero-order valence-corrected chi connectivity index (χ0v) is 11.1. The van der Waals surface area contributed by atoms with Crippen LogP contribution in [0.15, 0.2) is 4.52 Å². The second kappa shape index (κ2) is 5.28. The summed E-state index contributed by atoms with van der Waals surface area (Å²) in [4.78, 5) is 17.1. The molecule has 21 heavy (non-hydrogen) atoms. The number of halogens is 3. The Morgan fingerprint density at radius 1 is 1.33 bits per heavy atom. The summed E-state index contributed by atoms with van der Waals surface area (Å²) in [5.74, 6) is -1.77. The minimum Gasteiger partial charge on any atom is -0.368 e. The fourth-order valence-electron chi connectivity index (χ4n) is 2.66. The molecule has 2 atom stereocenters. The Hall–Kier alpha value is -1.64. The molecule has 0 aromatic carbocycles. The first-order valence-corrected chi connectivity index (χ1v) is 6.76. The van der Waals surface area contributed by atoms with Gasteiger partial charge in [0.15, 0.2) is 5.82 Å². The molecule has 0 spiro atoms. The number of nitrogens with zero attached hydrogens (tertiary/aromatic N) is 3. The van der Waals surface area contributed by atoms with Crippen LogP contribution >= 0.6 is 0 Å². The zero-order valence-electron chi connectivity index (χ0n) is 11.1. The smallest absolute Gasteiger partial charge is 0.368 e. The van der Waals surface area contributed by atoms with Crippen LogP contribution in [-0.4, -0.2) is 46.7 Å². The summed E-state index contributed by atoms with van der Waals surface area (Å²) in [6.45, 7) is 1.35. The summed E-state index contributed by atoms with van der Waals surface area (Å²) in [7, 11) is 0. The molecule has 0 radical (unpaired) electrons. The highest BCUT2D eigenvalue weighted by Gasteiger charge is 2.40. The monoisotopic (exact) mass is 305 g/mol. The molecule has 9 heteroatoms. The van der Waals surface area contributed by atoms with Gasteiger partial charge in [-0.2, -0.15) is 18.2 Å². The van der Waals surface area contributed by atoms with Crippen LogP contribution in [0.5, 0.6) is 0 Å². The Balaban J connectivity index is 1.64. The molecule has 2 saturated heterocycles. The molecule has 2 aliphatic rings. The van der Waals surface area contributed by atoms with Crippen LogP contribution in [0, 0.1) is 0 Å². The van der Waals surface area contributed by atoms with Crippen LogP contribution in [0.25, 0.3) is 0 Å². The third-order valence-corrected chi connectivity index (χ3v) is 3.75. The van der Waals surface area contributed by atoms with Crippen molar-refractivity contribution in [2.45, 2.75) is 37.5 Å². The summed E-state index contributed by atoms with van der Waals surface area (Å²) in [6.07, 6.45) is -2.99. The van der Waals surface area contributed by atoms with Gasteiger partial charge >= 0.3 is 12.1 Å². The van der Waals surface area contributed by atoms with E-state index >= 15 is 0 Å². The van der Waals surface area contributed by atoms with Crippen LogP contribution < -0.4 is 0 Å². The highest BCUT2D eigenvalue weighted by atomic mass is 19.4. The van der Waals surface area contributed by atoms with Gasteiger partial charge < -0.3 is 14.2 Å². The number of hydrogen-bond donors (Lipinski definition) is 0. The lowest BCUT2D eigenvalue weighted by Crippen LogP contribution is -2.37. The third-order valence-electron chi connectivity index (χ3n) is 3.75. The van der Waals surface area contributed by atoms with Gasteiger partial charge in [-0.25, -0.2) is 0 Å². The number of carbonyl (C=O) groups is 1. The first kappa shape index (κ1) is 14.3. The Morgan fingerprint density at radius 2 is 2.14 bits per heavy atom. The van der Waals surface area contributed by atoms with E-state index in [1.807, 2.05) is 0 Å². The maximum atomic E-state index is 12.4. The molecule has 0 aliphatic carbocycles. The molecule has 3 rings (SSSR count). The van der Waals surface area contributed by atoms with Gasteiger partial charge in [-0.3, -0.25) is 4.79 Å². The molecular formula is C12H14F3N3O3. The van der Waals surface area contributed by atoms with Crippen molar-refractivity contribution in [1.82, 2.24) is 15.0 Å². The Kier molecular flexibility index (Phi) is 3.60. The SMILES string of the molecule is O=C([C@H]1CCCO1)N1CC[C@@H](c2noc(C(F)(F)F)n2)C1. The molecule has 1 aromatic rings.